The van der Waals surface area contributed by atoms with Gasteiger partial charge in [0, 0.05) is 30.9 Å². The molecule has 2 rings (SSSR count). The molecule has 0 saturated carbocycles. The average molecular weight is 252 g/mol. The lowest BCUT2D eigenvalue weighted by atomic mass is 10.2. The van der Waals surface area contributed by atoms with E-state index in [1.54, 1.807) is 6.07 Å². The zero-order valence-corrected chi connectivity index (χ0v) is 10.2. The molecule has 1 N–H and O–H groups in total. The van der Waals surface area contributed by atoms with Crippen molar-refractivity contribution >= 4 is 11.4 Å². The number of anilines is 1. The smallest absolute Gasteiger partial charge is 0.275 e. The molecule has 0 amide bonds. The predicted molar refractivity (Wildman–Crippen MR) is 67.1 cm³/mol. The maximum absolute atomic E-state index is 10.9. The second kappa shape index (κ2) is 5.22. The number of hydrogen-bond acceptors (Lipinski definition) is 5. The molecule has 0 radical (unpaired) electrons. The summed E-state index contributed by atoms with van der Waals surface area (Å²) >= 11 is 0. The number of ether oxygens (including phenoxy) is 1. The summed E-state index contributed by atoms with van der Waals surface area (Å²) in [7, 11) is 0. The van der Waals surface area contributed by atoms with Crippen LogP contribution in [0.25, 0.3) is 0 Å². The minimum atomic E-state index is -0.432. The van der Waals surface area contributed by atoms with E-state index in [-0.39, 0.29) is 11.8 Å². The Labute approximate surface area is 105 Å². The second-order valence-electron chi connectivity index (χ2n) is 4.26. The van der Waals surface area contributed by atoms with Gasteiger partial charge in [-0.15, -0.1) is 0 Å². The summed E-state index contributed by atoms with van der Waals surface area (Å²) in [5, 5.41) is 20.4. The third-order valence-electron chi connectivity index (χ3n) is 2.93. The van der Waals surface area contributed by atoms with E-state index in [4.69, 9.17) is 4.74 Å². The van der Waals surface area contributed by atoms with E-state index in [1.807, 2.05) is 11.8 Å². The lowest BCUT2D eigenvalue weighted by Gasteiger charge is -2.18. The summed E-state index contributed by atoms with van der Waals surface area (Å²) < 4.78 is 5.33. The van der Waals surface area contributed by atoms with Gasteiger partial charge in [0.1, 0.15) is 5.75 Å². The second-order valence-corrected chi connectivity index (χ2v) is 4.26. The fourth-order valence-corrected chi connectivity index (χ4v) is 2.08. The molecule has 1 saturated heterocycles. The Bertz CT molecular complexity index is 450. The van der Waals surface area contributed by atoms with E-state index >= 15 is 0 Å². The third kappa shape index (κ3) is 2.70. The standard InChI is InChI=1S/C12H16N2O4/c1-2-18-12-6-9(5-10(7-12)14(16)17)13-4-3-11(15)8-13/h5-7,11,15H,2-4,8H2,1H3. The zero-order valence-electron chi connectivity index (χ0n) is 10.2. The zero-order chi connectivity index (χ0) is 13.1. The fourth-order valence-electron chi connectivity index (χ4n) is 2.08. The highest BCUT2D eigenvalue weighted by molar-refractivity contribution is 5.58. The predicted octanol–water partition coefficient (Wildman–Crippen LogP) is 1.56. The highest BCUT2D eigenvalue weighted by atomic mass is 16.6. The molecule has 1 aromatic carbocycles. The number of aliphatic hydroxyl groups excluding tert-OH is 1. The van der Waals surface area contributed by atoms with Gasteiger partial charge in [-0.2, -0.15) is 0 Å². The molecule has 1 aromatic rings. The number of aliphatic hydroxyl groups is 1. The van der Waals surface area contributed by atoms with Crippen LogP contribution in [-0.4, -0.2) is 35.8 Å². The van der Waals surface area contributed by atoms with Gasteiger partial charge in [-0.1, -0.05) is 0 Å². The molecule has 0 aromatic heterocycles. The van der Waals surface area contributed by atoms with Crippen LogP contribution in [0.1, 0.15) is 13.3 Å². The van der Waals surface area contributed by atoms with Crippen molar-refractivity contribution in [1.29, 1.82) is 0 Å². The first-order valence-corrected chi connectivity index (χ1v) is 5.95. The van der Waals surface area contributed by atoms with Crippen LogP contribution < -0.4 is 9.64 Å². The number of benzene rings is 1. The van der Waals surface area contributed by atoms with Gasteiger partial charge in [-0.3, -0.25) is 10.1 Å². The van der Waals surface area contributed by atoms with Gasteiger partial charge in [0.15, 0.2) is 0 Å². The molecular weight excluding hydrogens is 236 g/mol. The van der Waals surface area contributed by atoms with Crippen molar-refractivity contribution in [2.45, 2.75) is 19.4 Å². The summed E-state index contributed by atoms with van der Waals surface area (Å²) in [5.41, 5.74) is 0.738. The summed E-state index contributed by atoms with van der Waals surface area (Å²) in [6.07, 6.45) is 0.326. The van der Waals surface area contributed by atoms with E-state index in [0.29, 0.717) is 31.9 Å². The summed E-state index contributed by atoms with van der Waals surface area (Å²) in [6.45, 7) is 3.50. The molecule has 6 heteroatoms. The molecule has 1 aliphatic heterocycles. The Kier molecular flexibility index (Phi) is 3.66. The molecule has 1 fully saturated rings. The van der Waals surface area contributed by atoms with Gasteiger partial charge < -0.3 is 14.7 Å². The normalized spacial score (nSPS) is 19.0. The highest BCUT2D eigenvalue weighted by Crippen LogP contribution is 2.30. The molecule has 98 valence electrons. The van der Waals surface area contributed by atoms with E-state index in [2.05, 4.69) is 0 Å². The van der Waals surface area contributed by atoms with Crippen LogP contribution in [0.3, 0.4) is 0 Å². The summed E-state index contributed by atoms with van der Waals surface area (Å²) in [5.74, 6) is 0.489. The Morgan fingerprint density at radius 2 is 2.33 bits per heavy atom. The minimum absolute atomic E-state index is 0.0114. The van der Waals surface area contributed by atoms with Crippen molar-refractivity contribution in [2.75, 3.05) is 24.6 Å². The molecule has 1 aliphatic rings. The molecule has 1 unspecified atom stereocenters. The first-order valence-electron chi connectivity index (χ1n) is 5.95. The van der Waals surface area contributed by atoms with Crippen LogP contribution in [0.5, 0.6) is 5.75 Å². The van der Waals surface area contributed by atoms with Gasteiger partial charge in [-0.25, -0.2) is 0 Å². The van der Waals surface area contributed by atoms with E-state index in [1.165, 1.54) is 12.1 Å². The number of nitrogens with zero attached hydrogens (tertiary/aromatic N) is 2. The van der Waals surface area contributed by atoms with Gasteiger partial charge in [-0.05, 0) is 13.3 Å². The van der Waals surface area contributed by atoms with Gasteiger partial charge >= 0.3 is 0 Å². The Morgan fingerprint density at radius 1 is 1.56 bits per heavy atom. The molecule has 0 bridgehead atoms. The molecule has 1 atom stereocenters. The van der Waals surface area contributed by atoms with Crippen molar-refractivity contribution in [1.82, 2.24) is 0 Å². The molecule has 18 heavy (non-hydrogen) atoms. The average Bonchev–Trinajstić information content (AvgIpc) is 2.76. The molecule has 0 spiro atoms. The van der Waals surface area contributed by atoms with E-state index in [9.17, 15) is 15.2 Å². The number of nitro groups is 1. The van der Waals surface area contributed by atoms with Gasteiger partial charge in [0.2, 0.25) is 0 Å². The fraction of sp³-hybridized carbons (Fsp3) is 0.500. The number of nitro benzene ring substituents is 1. The maximum atomic E-state index is 10.9. The largest absolute Gasteiger partial charge is 0.494 e. The van der Waals surface area contributed by atoms with Gasteiger partial charge in [0.25, 0.3) is 5.69 Å². The number of rotatable bonds is 4. The van der Waals surface area contributed by atoms with Crippen LogP contribution >= 0.6 is 0 Å². The lowest BCUT2D eigenvalue weighted by Crippen LogP contribution is -2.21. The van der Waals surface area contributed by atoms with Crippen molar-refractivity contribution in [2.24, 2.45) is 0 Å². The summed E-state index contributed by atoms with van der Waals surface area (Å²) in [6, 6.07) is 4.70. The lowest BCUT2D eigenvalue weighted by molar-refractivity contribution is -0.384. The third-order valence-corrected chi connectivity index (χ3v) is 2.93. The van der Waals surface area contributed by atoms with Crippen molar-refractivity contribution in [3.8, 4) is 5.75 Å². The van der Waals surface area contributed by atoms with Crippen LogP contribution in [0.2, 0.25) is 0 Å². The Hall–Kier alpha value is -1.82. The molecule has 1 heterocycles. The Balaban J connectivity index is 2.30. The van der Waals surface area contributed by atoms with E-state index in [0.717, 1.165) is 5.69 Å². The van der Waals surface area contributed by atoms with Crippen LogP contribution in [0.4, 0.5) is 11.4 Å². The van der Waals surface area contributed by atoms with Crippen molar-refractivity contribution in [3.05, 3.63) is 28.3 Å². The van der Waals surface area contributed by atoms with Crippen molar-refractivity contribution < 1.29 is 14.8 Å². The van der Waals surface area contributed by atoms with Gasteiger partial charge in [0.05, 0.1) is 23.7 Å². The monoisotopic (exact) mass is 252 g/mol. The van der Waals surface area contributed by atoms with Crippen molar-refractivity contribution in [3.63, 3.8) is 0 Å². The SMILES string of the molecule is CCOc1cc(N2CCC(O)C2)cc([N+](=O)[O-])c1. The topological polar surface area (TPSA) is 75.8 Å². The van der Waals surface area contributed by atoms with E-state index < -0.39 is 4.92 Å². The number of β-amino-alcohol motifs (C(OH)–C–C–N with tert-alkyl or cyclic N) is 1. The first-order chi connectivity index (χ1) is 8.60. The maximum Gasteiger partial charge on any atom is 0.275 e. The minimum Gasteiger partial charge on any atom is -0.494 e. The van der Waals surface area contributed by atoms with Crippen LogP contribution in [0.15, 0.2) is 18.2 Å². The first kappa shape index (κ1) is 12.6. The molecule has 6 nitrogen and oxygen atoms in total. The number of non-ortho nitro benzene ring substituents is 1. The molecule has 0 aliphatic carbocycles. The quantitative estimate of drug-likeness (QED) is 0.650. The summed E-state index contributed by atoms with van der Waals surface area (Å²) in [4.78, 5) is 12.4. The Morgan fingerprint density at radius 3 is 2.89 bits per heavy atom. The van der Waals surface area contributed by atoms with Crippen LogP contribution in [0, 0.1) is 10.1 Å². The van der Waals surface area contributed by atoms with Crippen LogP contribution in [-0.2, 0) is 0 Å². The molecular formula is C12H16N2O4. The number of hydrogen-bond donors (Lipinski definition) is 1. The highest BCUT2D eigenvalue weighted by Gasteiger charge is 2.22.